The Morgan fingerprint density at radius 1 is 1.62 bits per heavy atom. The number of amides is 1. The predicted molar refractivity (Wildman–Crippen MR) is 51.6 cm³/mol. The van der Waals surface area contributed by atoms with Gasteiger partial charge >= 0.3 is 0 Å². The van der Waals surface area contributed by atoms with E-state index in [4.69, 9.17) is 10.2 Å². The molecule has 0 aliphatic heterocycles. The Labute approximate surface area is 81.7 Å². The number of carbonyl (C=O) groups is 1. The molecule has 1 amide bonds. The molecule has 1 aliphatic rings. The summed E-state index contributed by atoms with van der Waals surface area (Å²) in [5.41, 5.74) is 0. The third-order valence-corrected chi connectivity index (χ3v) is 2.78. The van der Waals surface area contributed by atoms with Gasteiger partial charge in [0, 0.05) is 11.8 Å². The largest absolute Gasteiger partial charge is 0.394 e. The van der Waals surface area contributed by atoms with E-state index < -0.39 is 6.10 Å². The third kappa shape index (κ3) is 5.13. The van der Waals surface area contributed by atoms with Gasteiger partial charge in [-0.1, -0.05) is 0 Å². The van der Waals surface area contributed by atoms with Gasteiger partial charge in [0.15, 0.2) is 0 Å². The molecule has 1 unspecified atom stereocenters. The lowest BCUT2D eigenvalue weighted by Crippen LogP contribution is -2.28. The topological polar surface area (TPSA) is 69.6 Å². The molecule has 76 valence electrons. The standard InChI is InChI=1S/C8H15NO3S/c10-3-7(11)4-13-5-8(12)9-6-1-2-6/h6-7,10-11H,1-5H2,(H,9,12). The smallest absolute Gasteiger partial charge is 0.230 e. The first-order chi connectivity index (χ1) is 6.22. The van der Waals surface area contributed by atoms with Crippen LogP contribution in [0.4, 0.5) is 0 Å². The summed E-state index contributed by atoms with van der Waals surface area (Å²) in [6.07, 6.45) is 1.48. The molecule has 1 saturated carbocycles. The Bertz CT molecular complexity index is 173. The van der Waals surface area contributed by atoms with Crippen LogP contribution in [-0.4, -0.2) is 46.4 Å². The number of rotatable bonds is 6. The monoisotopic (exact) mass is 205 g/mol. The minimum atomic E-state index is -0.710. The van der Waals surface area contributed by atoms with Gasteiger partial charge in [0.25, 0.3) is 0 Å². The normalized spacial score (nSPS) is 18.3. The molecule has 1 atom stereocenters. The summed E-state index contributed by atoms with van der Waals surface area (Å²) >= 11 is 1.34. The number of hydrogen-bond donors (Lipinski definition) is 3. The summed E-state index contributed by atoms with van der Waals surface area (Å²) < 4.78 is 0. The highest BCUT2D eigenvalue weighted by molar-refractivity contribution is 7.99. The number of carbonyl (C=O) groups excluding carboxylic acids is 1. The maximum Gasteiger partial charge on any atom is 0.230 e. The van der Waals surface area contributed by atoms with Crippen molar-refractivity contribution in [3.63, 3.8) is 0 Å². The molecule has 0 radical (unpaired) electrons. The van der Waals surface area contributed by atoms with Gasteiger partial charge in [0.2, 0.25) is 5.91 Å². The van der Waals surface area contributed by atoms with Crippen molar-refractivity contribution >= 4 is 17.7 Å². The second-order valence-corrected chi connectivity index (χ2v) is 4.22. The van der Waals surface area contributed by atoms with Crippen molar-refractivity contribution < 1.29 is 15.0 Å². The highest BCUT2D eigenvalue weighted by atomic mass is 32.2. The van der Waals surface area contributed by atoms with E-state index in [1.165, 1.54) is 11.8 Å². The van der Waals surface area contributed by atoms with Gasteiger partial charge in [-0.05, 0) is 12.8 Å². The fourth-order valence-corrected chi connectivity index (χ4v) is 1.60. The quantitative estimate of drug-likeness (QED) is 0.539. The summed E-state index contributed by atoms with van der Waals surface area (Å²) in [4.78, 5) is 11.1. The molecule has 13 heavy (non-hydrogen) atoms. The highest BCUT2D eigenvalue weighted by Crippen LogP contribution is 2.18. The van der Waals surface area contributed by atoms with Gasteiger partial charge < -0.3 is 15.5 Å². The lowest BCUT2D eigenvalue weighted by atomic mass is 10.4. The van der Waals surface area contributed by atoms with E-state index in [0.29, 0.717) is 17.5 Å². The Morgan fingerprint density at radius 2 is 2.31 bits per heavy atom. The fourth-order valence-electron chi connectivity index (χ4n) is 0.837. The van der Waals surface area contributed by atoms with Gasteiger partial charge in [-0.2, -0.15) is 0 Å². The van der Waals surface area contributed by atoms with Crippen LogP contribution in [0.3, 0.4) is 0 Å². The van der Waals surface area contributed by atoms with E-state index in [-0.39, 0.29) is 12.5 Å². The van der Waals surface area contributed by atoms with E-state index in [1.807, 2.05) is 0 Å². The highest BCUT2D eigenvalue weighted by Gasteiger charge is 2.22. The van der Waals surface area contributed by atoms with Gasteiger partial charge in [0.05, 0.1) is 18.5 Å². The molecular weight excluding hydrogens is 190 g/mol. The van der Waals surface area contributed by atoms with Crippen molar-refractivity contribution in [2.75, 3.05) is 18.1 Å². The van der Waals surface area contributed by atoms with E-state index in [1.54, 1.807) is 0 Å². The number of hydrogen-bond acceptors (Lipinski definition) is 4. The first-order valence-electron chi connectivity index (χ1n) is 4.38. The summed E-state index contributed by atoms with van der Waals surface area (Å²) in [5, 5.41) is 20.3. The molecule has 0 saturated heterocycles. The van der Waals surface area contributed by atoms with E-state index in [9.17, 15) is 4.79 Å². The van der Waals surface area contributed by atoms with E-state index in [2.05, 4.69) is 5.32 Å². The predicted octanol–water partition coefficient (Wildman–Crippen LogP) is -0.649. The first kappa shape index (κ1) is 10.8. The molecule has 0 aromatic carbocycles. The lowest BCUT2D eigenvalue weighted by molar-refractivity contribution is -0.118. The lowest BCUT2D eigenvalue weighted by Gasteiger charge is -2.06. The van der Waals surface area contributed by atoms with Crippen LogP contribution in [0, 0.1) is 0 Å². The van der Waals surface area contributed by atoms with Crippen LogP contribution >= 0.6 is 11.8 Å². The summed E-state index contributed by atoms with van der Waals surface area (Å²) in [6, 6.07) is 0.399. The van der Waals surface area contributed by atoms with Crippen LogP contribution < -0.4 is 5.32 Å². The molecule has 0 bridgehead atoms. The number of thioether (sulfide) groups is 1. The van der Waals surface area contributed by atoms with Crippen LogP contribution in [0.25, 0.3) is 0 Å². The Hall–Kier alpha value is -0.260. The van der Waals surface area contributed by atoms with Crippen LogP contribution in [0.15, 0.2) is 0 Å². The van der Waals surface area contributed by atoms with Crippen molar-refractivity contribution in [3.8, 4) is 0 Å². The Kier molecular flexibility index (Phi) is 4.55. The van der Waals surface area contributed by atoms with Crippen molar-refractivity contribution in [2.45, 2.75) is 25.0 Å². The maximum atomic E-state index is 11.1. The number of aliphatic hydroxyl groups is 2. The first-order valence-corrected chi connectivity index (χ1v) is 5.54. The molecule has 0 heterocycles. The molecule has 1 aliphatic carbocycles. The second kappa shape index (κ2) is 5.47. The van der Waals surface area contributed by atoms with Gasteiger partial charge in [0.1, 0.15) is 0 Å². The van der Waals surface area contributed by atoms with E-state index >= 15 is 0 Å². The molecule has 3 N–H and O–H groups in total. The number of aliphatic hydroxyl groups excluding tert-OH is 2. The molecule has 1 rings (SSSR count). The minimum Gasteiger partial charge on any atom is -0.394 e. The van der Waals surface area contributed by atoms with Gasteiger partial charge in [-0.25, -0.2) is 0 Å². The fraction of sp³-hybridized carbons (Fsp3) is 0.875. The molecular formula is C8H15NO3S. The van der Waals surface area contributed by atoms with Crippen LogP contribution in [0.1, 0.15) is 12.8 Å². The Morgan fingerprint density at radius 3 is 2.85 bits per heavy atom. The summed E-state index contributed by atoms with van der Waals surface area (Å²) in [7, 11) is 0. The molecule has 0 spiro atoms. The SMILES string of the molecule is O=C(CSCC(O)CO)NC1CC1. The molecule has 5 heteroatoms. The van der Waals surface area contributed by atoms with Crippen molar-refractivity contribution in [1.82, 2.24) is 5.32 Å². The zero-order chi connectivity index (χ0) is 9.68. The van der Waals surface area contributed by atoms with Gasteiger partial charge in [-0.15, -0.1) is 11.8 Å². The van der Waals surface area contributed by atoms with Crippen molar-refractivity contribution in [1.29, 1.82) is 0 Å². The van der Waals surface area contributed by atoms with Gasteiger partial charge in [-0.3, -0.25) is 4.79 Å². The maximum absolute atomic E-state index is 11.1. The third-order valence-electron chi connectivity index (χ3n) is 1.70. The zero-order valence-corrected chi connectivity index (χ0v) is 8.22. The molecule has 0 aromatic heterocycles. The van der Waals surface area contributed by atoms with Crippen LogP contribution in [0.2, 0.25) is 0 Å². The molecule has 0 aromatic rings. The average Bonchev–Trinajstić information content (AvgIpc) is 2.88. The number of nitrogens with one attached hydrogen (secondary N) is 1. The molecule has 1 fully saturated rings. The zero-order valence-electron chi connectivity index (χ0n) is 7.40. The van der Waals surface area contributed by atoms with E-state index in [0.717, 1.165) is 12.8 Å². The van der Waals surface area contributed by atoms with Crippen LogP contribution in [0.5, 0.6) is 0 Å². The average molecular weight is 205 g/mol. The summed E-state index contributed by atoms with van der Waals surface area (Å²) in [5.74, 6) is 0.805. The summed E-state index contributed by atoms with van der Waals surface area (Å²) in [6.45, 7) is -0.239. The van der Waals surface area contributed by atoms with Crippen molar-refractivity contribution in [2.24, 2.45) is 0 Å². The van der Waals surface area contributed by atoms with Crippen LogP contribution in [-0.2, 0) is 4.79 Å². The second-order valence-electron chi connectivity index (χ2n) is 3.19. The Balaban J connectivity index is 1.94. The minimum absolute atomic E-state index is 0.0256. The molecule has 4 nitrogen and oxygen atoms in total. The van der Waals surface area contributed by atoms with Crippen molar-refractivity contribution in [3.05, 3.63) is 0 Å².